The minimum absolute atomic E-state index is 0.187. The number of amides is 1. The SMILES string of the molecule is CCC(NC(=O)CN(c1ccccc1OC)S(C)(=O)=O)c1ccc(S(C)(=O)=O)cc1. The molecule has 0 fully saturated rings. The molecule has 2 rings (SSSR count). The third-order valence-corrected chi connectivity index (χ3v) is 6.75. The summed E-state index contributed by atoms with van der Waals surface area (Å²) in [6.45, 7) is 1.45. The first-order valence-corrected chi connectivity index (χ1v) is 12.9. The molecule has 0 aliphatic rings. The monoisotopic (exact) mass is 454 g/mol. The Hall–Kier alpha value is -2.59. The highest BCUT2D eigenvalue weighted by atomic mass is 32.2. The predicted octanol–water partition coefficient (Wildman–Crippen LogP) is 2.13. The fourth-order valence-corrected chi connectivity index (χ4v) is 4.45. The van der Waals surface area contributed by atoms with Crippen molar-refractivity contribution in [1.29, 1.82) is 0 Å². The van der Waals surface area contributed by atoms with Crippen LogP contribution >= 0.6 is 0 Å². The number of carbonyl (C=O) groups excluding carboxylic acids is 1. The van der Waals surface area contributed by atoms with Crippen LogP contribution in [-0.2, 0) is 24.7 Å². The number of para-hydroxylation sites is 2. The summed E-state index contributed by atoms with van der Waals surface area (Å²) in [5.74, 6) is -0.162. The summed E-state index contributed by atoms with van der Waals surface area (Å²) >= 11 is 0. The molecule has 0 saturated carbocycles. The van der Waals surface area contributed by atoms with E-state index in [2.05, 4.69) is 5.32 Å². The van der Waals surface area contributed by atoms with Crippen molar-refractivity contribution in [2.45, 2.75) is 24.3 Å². The topological polar surface area (TPSA) is 110 Å². The maximum absolute atomic E-state index is 12.7. The van der Waals surface area contributed by atoms with Crippen LogP contribution in [0.4, 0.5) is 5.69 Å². The van der Waals surface area contributed by atoms with Gasteiger partial charge in [-0.15, -0.1) is 0 Å². The molecular formula is C20H26N2O6S2. The van der Waals surface area contributed by atoms with E-state index in [9.17, 15) is 21.6 Å². The number of carbonyl (C=O) groups is 1. The fraction of sp³-hybridized carbons (Fsp3) is 0.350. The van der Waals surface area contributed by atoms with E-state index >= 15 is 0 Å². The molecule has 30 heavy (non-hydrogen) atoms. The molecule has 0 aliphatic carbocycles. The van der Waals surface area contributed by atoms with Crippen molar-refractivity contribution in [2.24, 2.45) is 0 Å². The average Bonchev–Trinajstić information content (AvgIpc) is 2.69. The van der Waals surface area contributed by atoms with Gasteiger partial charge in [0, 0.05) is 6.26 Å². The molecular weight excluding hydrogens is 428 g/mol. The van der Waals surface area contributed by atoms with E-state index < -0.39 is 38.4 Å². The van der Waals surface area contributed by atoms with Crippen LogP contribution in [0.1, 0.15) is 24.9 Å². The number of sulfone groups is 1. The molecule has 0 spiro atoms. The number of benzene rings is 2. The van der Waals surface area contributed by atoms with Crippen LogP contribution in [0.15, 0.2) is 53.4 Å². The first kappa shape index (κ1) is 23.7. The van der Waals surface area contributed by atoms with E-state index in [-0.39, 0.29) is 10.6 Å². The van der Waals surface area contributed by atoms with Gasteiger partial charge in [0.25, 0.3) is 0 Å². The maximum atomic E-state index is 12.7. The minimum Gasteiger partial charge on any atom is -0.495 e. The standard InChI is InChI=1S/C20H26N2O6S2/c1-5-17(15-10-12-16(13-11-15)29(3,24)25)21-20(23)14-22(30(4,26)27)18-8-6-7-9-19(18)28-2/h6-13,17H,5,14H2,1-4H3,(H,21,23). The van der Waals surface area contributed by atoms with E-state index in [0.29, 0.717) is 12.2 Å². The van der Waals surface area contributed by atoms with E-state index in [1.165, 1.54) is 19.2 Å². The van der Waals surface area contributed by atoms with Crippen LogP contribution < -0.4 is 14.4 Å². The summed E-state index contributed by atoms with van der Waals surface area (Å²) in [6.07, 6.45) is 2.68. The highest BCUT2D eigenvalue weighted by molar-refractivity contribution is 7.92. The lowest BCUT2D eigenvalue weighted by Crippen LogP contribution is -2.41. The molecule has 1 amide bonds. The van der Waals surface area contributed by atoms with Crippen LogP contribution in [0.5, 0.6) is 5.75 Å². The number of hydrogen-bond donors (Lipinski definition) is 1. The summed E-state index contributed by atoms with van der Waals surface area (Å²) in [5.41, 5.74) is 0.990. The van der Waals surface area contributed by atoms with Gasteiger partial charge in [-0.1, -0.05) is 31.2 Å². The Morgan fingerprint density at radius 2 is 1.63 bits per heavy atom. The molecule has 1 atom stereocenters. The molecule has 2 aromatic carbocycles. The van der Waals surface area contributed by atoms with Crippen molar-refractivity contribution in [1.82, 2.24) is 5.32 Å². The molecule has 0 heterocycles. The molecule has 0 aliphatic heterocycles. The quantitative estimate of drug-likeness (QED) is 0.622. The first-order valence-electron chi connectivity index (χ1n) is 9.17. The number of ether oxygens (including phenoxy) is 1. The zero-order chi connectivity index (χ0) is 22.5. The van der Waals surface area contributed by atoms with E-state index in [1.807, 2.05) is 6.92 Å². The zero-order valence-electron chi connectivity index (χ0n) is 17.3. The van der Waals surface area contributed by atoms with Crippen molar-refractivity contribution < 1.29 is 26.4 Å². The van der Waals surface area contributed by atoms with Crippen molar-refractivity contribution in [3.63, 3.8) is 0 Å². The van der Waals surface area contributed by atoms with Gasteiger partial charge in [-0.05, 0) is 36.2 Å². The summed E-state index contributed by atoms with van der Waals surface area (Å²) in [6, 6.07) is 12.4. The van der Waals surface area contributed by atoms with Crippen LogP contribution in [0.3, 0.4) is 0 Å². The van der Waals surface area contributed by atoms with Gasteiger partial charge in [-0.2, -0.15) is 0 Å². The van der Waals surface area contributed by atoms with Gasteiger partial charge in [0.1, 0.15) is 12.3 Å². The third kappa shape index (κ3) is 5.96. The van der Waals surface area contributed by atoms with E-state index in [0.717, 1.165) is 22.4 Å². The summed E-state index contributed by atoms with van der Waals surface area (Å²) in [4.78, 5) is 12.9. The molecule has 0 radical (unpaired) electrons. The second-order valence-corrected chi connectivity index (χ2v) is 10.7. The van der Waals surface area contributed by atoms with Crippen molar-refractivity contribution in [2.75, 3.05) is 30.5 Å². The van der Waals surface area contributed by atoms with Gasteiger partial charge in [-0.25, -0.2) is 16.8 Å². The van der Waals surface area contributed by atoms with Gasteiger partial charge in [0.05, 0.1) is 30.0 Å². The lowest BCUT2D eigenvalue weighted by Gasteiger charge is -2.25. The lowest BCUT2D eigenvalue weighted by molar-refractivity contribution is -0.120. The Morgan fingerprint density at radius 3 is 2.13 bits per heavy atom. The van der Waals surface area contributed by atoms with Gasteiger partial charge >= 0.3 is 0 Å². The highest BCUT2D eigenvalue weighted by Gasteiger charge is 2.25. The van der Waals surface area contributed by atoms with Crippen molar-refractivity contribution in [3.8, 4) is 5.75 Å². The first-order chi connectivity index (χ1) is 14.0. The van der Waals surface area contributed by atoms with Gasteiger partial charge in [0.15, 0.2) is 9.84 Å². The van der Waals surface area contributed by atoms with Crippen LogP contribution in [0.2, 0.25) is 0 Å². The molecule has 0 aromatic heterocycles. The van der Waals surface area contributed by atoms with E-state index in [4.69, 9.17) is 4.74 Å². The Kier molecular flexibility index (Phi) is 7.49. The largest absolute Gasteiger partial charge is 0.495 e. The minimum atomic E-state index is -3.75. The lowest BCUT2D eigenvalue weighted by atomic mass is 10.0. The Morgan fingerprint density at radius 1 is 1.03 bits per heavy atom. The maximum Gasteiger partial charge on any atom is 0.241 e. The molecule has 1 N–H and O–H groups in total. The molecule has 2 aromatic rings. The number of methoxy groups -OCH3 is 1. The molecule has 0 saturated heterocycles. The number of rotatable bonds is 9. The Labute approximate surface area is 177 Å². The molecule has 164 valence electrons. The number of anilines is 1. The second-order valence-electron chi connectivity index (χ2n) is 6.81. The van der Waals surface area contributed by atoms with Gasteiger partial charge in [0.2, 0.25) is 15.9 Å². The summed E-state index contributed by atoms with van der Waals surface area (Å²) in [7, 11) is -5.64. The molecule has 10 heteroatoms. The molecule has 0 bridgehead atoms. The number of hydrogen-bond acceptors (Lipinski definition) is 6. The smallest absolute Gasteiger partial charge is 0.241 e. The Balaban J connectivity index is 2.23. The normalized spacial score (nSPS) is 12.8. The predicted molar refractivity (Wildman–Crippen MR) is 116 cm³/mol. The fourth-order valence-electron chi connectivity index (χ4n) is 2.96. The van der Waals surface area contributed by atoms with Crippen LogP contribution in [-0.4, -0.2) is 48.9 Å². The molecule has 1 unspecified atom stereocenters. The number of nitrogens with one attached hydrogen (secondary N) is 1. The van der Waals surface area contributed by atoms with Crippen LogP contribution in [0, 0.1) is 0 Å². The van der Waals surface area contributed by atoms with E-state index in [1.54, 1.807) is 36.4 Å². The highest BCUT2D eigenvalue weighted by Crippen LogP contribution is 2.29. The van der Waals surface area contributed by atoms with Crippen LogP contribution in [0.25, 0.3) is 0 Å². The van der Waals surface area contributed by atoms with Crippen molar-refractivity contribution >= 4 is 31.5 Å². The van der Waals surface area contributed by atoms with Crippen molar-refractivity contribution in [3.05, 3.63) is 54.1 Å². The van der Waals surface area contributed by atoms with Gasteiger partial charge in [-0.3, -0.25) is 9.10 Å². The second kappa shape index (κ2) is 9.48. The zero-order valence-corrected chi connectivity index (χ0v) is 19.0. The summed E-state index contributed by atoms with van der Waals surface area (Å²) in [5, 5.41) is 2.82. The number of sulfonamides is 1. The third-order valence-electron chi connectivity index (χ3n) is 4.50. The average molecular weight is 455 g/mol. The van der Waals surface area contributed by atoms with Gasteiger partial charge < -0.3 is 10.1 Å². The Bertz CT molecular complexity index is 1100. The number of nitrogens with zero attached hydrogens (tertiary/aromatic N) is 1. The summed E-state index contributed by atoms with van der Waals surface area (Å²) < 4.78 is 54.1. The molecule has 8 nitrogen and oxygen atoms in total.